The SMILES string of the molecule is COc1cccc([C@@](O)(C(=O)N2CCC3(CCC(O)CC3)CC2)C(F)(F)F)c1. The van der Waals surface area contributed by atoms with Gasteiger partial charge in [-0.15, -0.1) is 0 Å². The lowest BCUT2D eigenvalue weighted by atomic mass is 9.67. The lowest BCUT2D eigenvalue weighted by Crippen LogP contribution is -2.58. The summed E-state index contributed by atoms with van der Waals surface area (Å²) in [5.74, 6) is -1.22. The molecule has 156 valence electrons. The number of hydrogen-bond acceptors (Lipinski definition) is 4. The van der Waals surface area contributed by atoms with Gasteiger partial charge in [0.05, 0.1) is 13.2 Å². The van der Waals surface area contributed by atoms with E-state index in [1.165, 1.54) is 19.2 Å². The van der Waals surface area contributed by atoms with Gasteiger partial charge in [-0.05, 0) is 56.1 Å². The summed E-state index contributed by atoms with van der Waals surface area (Å²) in [5.41, 5.74) is -4.19. The molecule has 2 fully saturated rings. The van der Waals surface area contributed by atoms with E-state index < -0.39 is 23.2 Å². The number of carbonyl (C=O) groups excluding carboxylic acids is 1. The van der Waals surface area contributed by atoms with Crippen LogP contribution in [0.1, 0.15) is 44.1 Å². The van der Waals surface area contributed by atoms with Crippen molar-refractivity contribution < 1.29 is 32.9 Å². The van der Waals surface area contributed by atoms with Crippen LogP contribution in [0, 0.1) is 5.41 Å². The lowest BCUT2D eigenvalue weighted by Gasteiger charge is -2.46. The summed E-state index contributed by atoms with van der Waals surface area (Å²) in [5, 5.41) is 20.3. The number of methoxy groups -OCH3 is 1. The Morgan fingerprint density at radius 2 is 1.79 bits per heavy atom. The highest BCUT2D eigenvalue weighted by Crippen LogP contribution is 2.47. The van der Waals surface area contributed by atoms with E-state index in [9.17, 15) is 28.2 Å². The molecule has 0 aromatic heterocycles. The Morgan fingerprint density at radius 3 is 2.32 bits per heavy atom. The molecular formula is C20H26F3NO4. The number of hydrogen-bond donors (Lipinski definition) is 2. The molecule has 0 radical (unpaired) electrons. The van der Waals surface area contributed by atoms with Crippen molar-refractivity contribution in [1.29, 1.82) is 0 Å². The standard InChI is InChI=1S/C20H26F3NO4/c1-28-16-4-2-3-14(13-16)19(27,20(21,22)23)17(26)24-11-9-18(10-12-24)7-5-15(25)6-8-18/h2-4,13,15,25,27H,5-12H2,1H3/t19-/m1/s1. The molecule has 1 saturated heterocycles. The van der Waals surface area contributed by atoms with Crippen LogP contribution in [0.15, 0.2) is 24.3 Å². The van der Waals surface area contributed by atoms with E-state index in [1.54, 1.807) is 0 Å². The molecule has 1 heterocycles. The van der Waals surface area contributed by atoms with E-state index >= 15 is 0 Å². The lowest BCUT2D eigenvalue weighted by molar-refractivity contribution is -0.262. The number of carbonyl (C=O) groups is 1. The van der Waals surface area contributed by atoms with E-state index in [-0.39, 0.29) is 30.4 Å². The van der Waals surface area contributed by atoms with Crippen LogP contribution in [-0.4, -0.2) is 53.5 Å². The summed E-state index contributed by atoms with van der Waals surface area (Å²) in [6, 6.07) is 4.89. The summed E-state index contributed by atoms with van der Waals surface area (Å²) >= 11 is 0. The number of aliphatic hydroxyl groups excluding tert-OH is 1. The maximum absolute atomic E-state index is 13.9. The molecule has 8 heteroatoms. The van der Waals surface area contributed by atoms with Gasteiger partial charge in [0.1, 0.15) is 5.75 Å². The van der Waals surface area contributed by atoms with Gasteiger partial charge in [-0.3, -0.25) is 4.79 Å². The van der Waals surface area contributed by atoms with Gasteiger partial charge in [0.25, 0.3) is 11.5 Å². The van der Waals surface area contributed by atoms with E-state index in [4.69, 9.17) is 4.74 Å². The van der Waals surface area contributed by atoms with Crippen LogP contribution >= 0.6 is 0 Å². The predicted octanol–water partition coefficient (Wildman–Crippen LogP) is 2.99. The van der Waals surface area contributed by atoms with Crippen LogP contribution in [0.5, 0.6) is 5.75 Å². The summed E-state index contributed by atoms with van der Waals surface area (Å²) in [6.07, 6.45) is -1.32. The van der Waals surface area contributed by atoms with Crippen LogP contribution in [0.4, 0.5) is 13.2 Å². The molecule has 0 unspecified atom stereocenters. The van der Waals surface area contributed by atoms with Crippen molar-refractivity contribution in [2.45, 2.75) is 56.4 Å². The summed E-state index contributed by atoms with van der Waals surface area (Å²) in [6.45, 7) is 0.328. The molecule has 28 heavy (non-hydrogen) atoms. The van der Waals surface area contributed by atoms with Crippen molar-refractivity contribution in [2.24, 2.45) is 5.41 Å². The number of alkyl halides is 3. The molecule has 1 saturated carbocycles. The van der Waals surface area contributed by atoms with Crippen molar-refractivity contribution in [3.63, 3.8) is 0 Å². The highest BCUT2D eigenvalue weighted by atomic mass is 19.4. The van der Waals surface area contributed by atoms with Gasteiger partial charge in [-0.1, -0.05) is 12.1 Å². The molecule has 1 aliphatic heterocycles. The fourth-order valence-corrected chi connectivity index (χ4v) is 4.38. The van der Waals surface area contributed by atoms with Crippen LogP contribution in [0.3, 0.4) is 0 Å². The van der Waals surface area contributed by atoms with E-state index in [1.807, 2.05) is 0 Å². The normalized spacial score (nSPS) is 22.7. The number of piperidine rings is 1. The van der Waals surface area contributed by atoms with Gasteiger partial charge in [0.15, 0.2) is 0 Å². The van der Waals surface area contributed by atoms with Crippen molar-refractivity contribution in [2.75, 3.05) is 20.2 Å². The number of aliphatic hydroxyl groups is 2. The highest BCUT2D eigenvalue weighted by molar-refractivity contribution is 5.87. The quantitative estimate of drug-likeness (QED) is 0.817. The first kappa shape index (κ1) is 20.9. The van der Waals surface area contributed by atoms with Gasteiger partial charge in [0, 0.05) is 18.7 Å². The monoisotopic (exact) mass is 401 g/mol. The number of benzene rings is 1. The zero-order valence-electron chi connectivity index (χ0n) is 15.8. The van der Waals surface area contributed by atoms with Crippen LogP contribution in [-0.2, 0) is 10.4 Å². The average Bonchev–Trinajstić information content (AvgIpc) is 2.69. The highest BCUT2D eigenvalue weighted by Gasteiger charge is 2.62. The Balaban J connectivity index is 1.81. The Kier molecular flexibility index (Phi) is 5.64. The second-order valence-corrected chi connectivity index (χ2v) is 7.96. The van der Waals surface area contributed by atoms with E-state index in [0.29, 0.717) is 25.7 Å². The van der Waals surface area contributed by atoms with Gasteiger partial charge in [-0.25, -0.2) is 0 Å². The Morgan fingerprint density at radius 1 is 1.18 bits per heavy atom. The Bertz CT molecular complexity index is 706. The summed E-state index contributed by atoms with van der Waals surface area (Å²) in [7, 11) is 1.30. The van der Waals surface area contributed by atoms with Crippen molar-refractivity contribution in [3.8, 4) is 5.75 Å². The fraction of sp³-hybridized carbons (Fsp3) is 0.650. The minimum Gasteiger partial charge on any atom is -0.497 e. The minimum absolute atomic E-state index is 0.0255. The zero-order chi connectivity index (χ0) is 20.6. The first-order chi connectivity index (χ1) is 13.1. The van der Waals surface area contributed by atoms with E-state index in [2.05, 4.69) is 0 Å². The molecule has 1 aromatic carbocycles. The number of ether oxygens (including phenoxy) is 1. The van der Waals surface area contributed by atoms with Crippen molar-refractivity contribution in [1.82, 2.24) is 4.90 Å². The fourth-order valence-electron chi connectivity index (χ4n) is 4.38. The average molecular weight is 401 g/mol. The van der Waals surface area contributed by atoms with Crippen LogP contribution in [0.2, 0.25) is 0 Å². The summed E-state index contributed by atoms with van der Waals surface area (Å²) in [4.78, 5) is 14.0. The third-order valence-corrected chi connectivity index (χ3v) is 6.33. The number of nitrogens with zero attached hydrogens (tertiary/aromatic N) is 1. The second kappa shape index (κ2) is 7.55. The van der Waals surface area contributed by atoms with E-state index in [0.717, 1.165) is 29.9 Å². The number of amides is 1. The van der Waals surface area contributed by atoms with Gasteiger partial charge < -0.3 is 19.8 Å². The molecule has 0 bridgehead atoms. The second-order valence-electron chi connectivity index (χ2n) is 7.96. The molecule has 5 nitrogen and oxygen atoms in total. The molecule has 2 N–H and O–H groups in total. The molecule has 1 aliphatic carbocycles. The smallest absolute Gasteiger partial charge is 0.430 e. The number of likely N-dealkylation sites (tertiary alicyclic amines) is 1. The molecule has 1 amide bonds. The molecular weight excluding hydrogens is 375 g/mol. The van der Waals surface area contributed by atoms with Gasteiger partial charge in [0.2, 0.25) is 0 Å². The predicted molar refractivity (Wildman–Crippen MR) is 95.7 cm³/mol. The Hall–Kier alpha value is -1.80. The first-order valence-electron chi connectivity index (χ1n) is 9.52. The zero-order valence-corrected chi connectivity index (χ0v) is 15.8. The van der Waals surface area contributed by atoms with Crippen molar-refractivity contribution >= 4 is 5.91 Å². The Labute approximate surface area is 162 Å². The molecule has 3 rings (SSSR count). The van der Waals surface area contributed by atoms with Crippen LogP contribution < -0.4 is 4.74 Å². The number of halogens is 3. The molecule has 1 spiro atoms. The van der Waals surface area contributed by atoms with Crippen LogP contribution in [0.25, 0.3) is 0 Å². The first-order valence-corrected chi connectivity index (χ1v) is 9.52. The van der Waals surface area contributed by atoms with Gasteiger partial charge >= 0.3 is 6.18 Å². The third-order valence-electron chi connectivity index (χ3n) is 6.33. The largest absolute Gasteiger partial charge is 0.497 e. The molecule has 1 aromatic rings. The minimum atomic E-state index is -5.17. The molecule has 2 aliphatic rings. The maximum atomic E-state index is 13.9. The number of rotatable bonds is 3. The molecule has 1 atom stereocenters. The third kappa shape index (κ3) is 3.72. The van der Waals surface area contributed by atoms with Gasteiger partial charge in [-0.2, -0.15) is 13.2 Å². The topological polar surface area (TPSA) is 70.0 Å². The summed E-state index contributed by atoms with van der Waals surface area (Å²) < 4.78 is 46.5. The maximum Gasteiger partial charge on any atom is 0.430 e. The van der Waals surface area contributed by atoms with Crippen molar-refractivity contribution in [3.05, 3.63) is 29.8 Å².